The van der Waals surface area contributed by atoms with Crippen LogP contribution in [0.2, 0.25) is 0 Å². The molecule has 0 radical (unpaired) electrons. The first-order chi connectivity index (χ1) is 11.9. The number of thiophene rings is 1. The predicted molar refractivity (Wildman–Crippen MR) is 123 cm³/mol. The molecule has 26 heavy (non-hydrogen) atoms. The number of nitrogens with one attached hydrogen (secondary N) is 2. The van der Waals surface area contributed by atoms with E-state index in [4.69, 9.17) is 4.74 Å². The van der Waals surface area contributed by atoms with Crippen molar-refractivity contribution < 1.29 is 4.74 Å². The second-order valence-corrected chi connectivity index (χ2v) is 8.58. The van der Waals surface area contributed by atoms with Gasteiger partial charge in [-0.1, -0.05) is 33.8 Å². The summed E-state index contributed by atoms with van der Waals surface area (Å²) in [4.78, 5) is 8.33. The number of nitrogens with zero attached hydrogens (tertiary/aromatic N) is 2. The quantitative estimate of drug-likeness (QED) is 0.348. The maximum Gasteiger partial charge on any atom is 0.191 e. The molecule has 0 aliphatic carbocycles. The molecule has 0 amide bonds. The molecule has 1 aromatic heterocycles. The van der Waals surface area contributed by atoms with Crippen LogP contribution in [0.15, 0.2) is 22.5 Å². The molecule has 7 heteroatoms. The first-order valence-electron chi connectivity index (χ1n) is 9.24. The molecular weight excluding hydrogens is 459 g/mol. The van der Waals surface area contributed by atoms with Gasteiger partial charge >= 0.3 is 0 Å². The number of aliphatic imine (C=N–C) groups is 1. The second-order valence-electron chi connectivity index (χ2n) is 7.63. The van der Waals surface area contributed by atoms with Crippen LogP contribution in [-0.4, -0.2) is 63.3 Å². The first-order valence-corrected chi connectivity index (χ1v) is 10.1. The molecule has 1 aromatic rings. The lowest BCUT2D eigenvalue weighted by Gasteiger charge is -2.37. The Kier molecular flexibility index (Phi) is 10.4. The summed E-state index contributed by atoms with van der Waals surface area (Å²) in [6.45, 7) is 14.6. The Balaban J connectivity index is 0.00000338. The number of hydrogen-bond donors (Lipinski definition) is 2. The number of morpholine rings is 1. The number of halogens is 1. The van der Waals surface area contributed by atoms with E-state index >= 15 is 0 Å². The van der Waals surface area contributed by atoms with Crippen LogP contribution in [0.3, 0.4) is 0 Å². The van der Waals surface area contributed by atoms with Gasteiger partial charge in [0.15, 0.2) is 5.96 Å². The minimum absolute atomic E-state index is 0. The third-order valence-corrected chi connectivity index (χ3v) is 6.11. The Morgan fingerprint density at radius 3 is 2.54 bits per heavy atom. The monoisotopic (exact) mass is 494 g/mol. The van der Waals surface area contributed by atoms with Crippen molar-refractivity contribution in [1.29, 1.82) is 0 Å². The zero-order valence-corrected chi connectivity index (χ0v) is 19.9. The van der Waals surface area contributed by atoms with E-state index in [0.29, 0.717) is 12.0 Å². The standard InChI is InChI=1S/C19H34N4OS.HI/c1-15(2)16(23-8-10-24-11-9-23)13-21-18(20-5)22-14-19(3,4)17-7-6-12-25-17;/h6-7,12,15-16H,8-11,13-14H2,1-5H3,(H2,20,21,22);1H. The van der Waals surface area contributed by atoms with Crippen LogP contribution in [0.5, 0.6) is 0 Å². The van der Waals surface area contributed by atoms with E-state index in [2.05, 4.69) is 65.7 Å². The SMILES string of the molecule is CN=C(NCC(C(C)C)N1CCOCC1)NCC(C)(C)c1cccs1.I. The highest BCUT2D eigenvalue weighted by Crippen LogP contribution is 2.26. The Labute approximate surface area is 180 Å². The molecule has 1 aliphatic heterocycles. The average Bonchev–Trinajstić information content (AvgIpc) is 3.14. The molecule has 1 saturated heterocycles. The third-order valence-electron chi connectivity index (χ3n) is 4.87. The van der Waals surface area contributed by atoms with Gasteiger partial charge in [-0.3, -0.25) is 9.89 Å². The van der Waals surface area contributed by atoms with Gasteiger partial charge in [-0.15, -0.1) is 35.3 Å². The molecule has 5 nitrogen and oxygen atoms in total. The summed E-state index contributed by atoms with van der Waals surface area (Å²) < 4.78 is 5.49. The number of ether oxygens (including phenoxy) is 1. The van der Waals surface area contributed by atoms with Gasteiger partial charge in [-0.05, 0) is 17.4 Å². The Morgan fingerprint density at radius 1 is 1.31 bits per heavy atom. The van der Waals surface area contributed by atoms with Crippen molar-refractivity contribution in [1.82, 2.24) is 15.5 Å². The second kappa shape index (κ2) is 11.5. The fourth-order valence-corrected chi connectivity index (χ4v) is 4.02. The Hall–Kier alpha value is -0.380. The van der Waals surface area contributed by atoms with Gasteiger partial charge in [-0.25, -0.2) is 0 Å². The molecule has 0 bridgehead atoms. The highest BCUT2D eigenvalue weighted by Gasteiger charge is 2.25. The van der Waals surface area contributed by atoms with Crippen molar-refractivity contribution in [3.63, 3.8) is 0 Å². The van der Waals surface area contributed by atoms with Crippen molar-refractivity contribution in [2.24, 2.45) is 10.9 Å². The lowest BCUT2D eigenvalue weighted by Crippen LogP contribution is -2.53. The zero-order valence-electron chi connectivity index (χ0n) is 16.7. The van der Waals surface area contributed by atoms with Crippen molar-refractivity contribution in [2.75, 3.05) is 46.4 Å². The fraction of sp³-hybridized carbons (Fsp3) is 0.737. The van der Waals surface area contributed by atoms with E-state index in [1.54, 1.807) is 0 Å². The molecule has 0 aromatic carbocycles. The maximum absolute atomic E-state index is 5.49. The third kappa shape index (κ3) is 6.98. The molecule has 2 rings (SSSR count). The van der Waals surface area contributed by atoms with Crippen molar-refractivity contribution in [2.45, 2.75) is 39.2 Å². The molecule has 1 atom stereocenters. The molecule has 0 spiro atoms. The molecule has 0 saturated carbocycles. The van der Waals surface area contributed by atoms with Gasteiger partial charge in [0.1, 0.15) is 0 Å². The van der Waals surface area contributed by atoms with E-state index in [-0.39, 0.29) is 29.4 Å². The minimum Gasteiger partial charge on any atom is -0.379 e. The van der Waals surface area contributed by atoms with Crippen LogP contribution in [0.4, 0.5) is 0 Å². The summed E-state index contributed by atoms with van der Waals surface area (Å²) in [5, 5.41) is 9.16. The van der Waals surface area contributed by atoms with Gasteiger partial charge in [0.05, 0.1) is 13.2 Å². The summed E-state index contributed by atoms with van der Waals surface area (Å²) >= 11 is 1.81. The largest absolute Gasteiger partial charge is 0.379 e. The lowest BCUT2D eigenvalue weighted by atomic mass is 9.91. The van der Waals surface area contributed by atoms with Crippen LogP contribution >= 0.6 is 35.3 Å². The topological polar surface area (TPSA) is 48.9 Å². The normalized spacial score (nSPS) is 17.7. The highest BCUT2D eigenvalue weighted by molar-refractivity contribution is 14.0. The molecular formula is C19H35IN4OS. The van der Waals surface area contributed by atoms with Crippen LogP contribution in [0, 0.1) is 5.92 Å². The maximum atomic E-state index is 5.49. The van der Waals surface area contributed by atoms with E-state index in [1.165, 1.54) is 4.88 Å². The molecule has 1 aliphatic rings. The van der Waals surface area contributed by atoms with Gasteiger partial charge < -0.3 is 15.4 Å². The van der Waals surface area contributed by atoms with Gasteiger partial charge in [-0.2, -0.15) is 0 Å². The van der Waals surface area contributed by atoms with E-state index in [1.807, 2.05) is 18.4 Å². The van der Waals surface area contributed by atoms with Gasteiger partial charge in [0.25, 0.3) is 0 Å². The smallest absolute Gasteiger partial charge is 0.191 e. The minimum atomic E-state index is 0. The predicted octanol–water partition coefficient (Wildman–Crippen LogP) is 3.17. The number of hydrogen-bond acceptors (Lipinski definition) is 4. The molecule has 150 valence electrons. The molecule has 1 unspecified atom stereocenters. The zero-order chi connectivity index (χ0) is 18.3. The summed E-state index contributed by atoms with van der Waals surface area (Å²) in [5.41, 5.74) is 0.0907. The van der Waals surface area contributed by atoms with Crippen LogP contribution in [-0.2, 0) is 10.2 Å². The molecule has 2 N–H and O–H groups in total. The van der Waals surface area contributed by atoms with Crippen molar-refractivity contribution in [3.8, 4) is 0 Å². The van der Waals surface area contributed by atoms with Crippen molar-refractivity contribution in [3.05, 3.63) is 22.4 Å². The number of guanidine groups is 1. The summed E-state index contributed by atoms with van der Waals surface area (Å²) in [6, 6.07) is 4.81. The highest BCUT2D eigenvalue weighted by atomic mass is 127. The Morgan fingerprint density at radius 2 is 2.00 bits per heavy atom. The average molecular weight is 494 g/mol. The van der Waals surface area contributed by atoms with E-state index in [0.717, 1.165) is 45.4 Å². The summed E-state index contributed by atoms with van der Waals surface area (Å²) in [5.74, 6) is 1.47. The Bertz CT molecular complexity index is 528. The number of rotatable bonds is 7. The lowest BCUT2D eigenvalue weighted by molar-refractivity contribution is 0.00752. The van der Waals surface area contributed by atoms with Gasteiger partial charge in [0, 0.05) is 49.6 Å². The van der Waals surface area contributed by atoms with Crippen LogP contribution in [0.25, 0.3) is 0 Å². The molecule has 2 heterocycles. The van der Waals surface area contributed by atoms with Gasteiger partial charge in [0.2, 0.25) is 0 Å². The van der Waals surface area contributed by atoms with E-state index in [9.17, 15) is 0 Å². The van der Waals surface area contributed by atoms with Crippen LogP contribution < -0.4 is 10.6 Å². The van der Waals surface area contributed by atoms with Crippen molar-refractivity contribution >= 4 is 41.3 Å². The molecule has 1 fully saturated rings. The van der Waals surface area contributed by atoms with E-state index < -0.39 is 0 Å². The summed E-state index contributed by atoms with van der Waals surface area (Å²) in [7, 11) is 1.84. The fourth-order valence-electron chi connectivity index (χ4n) is 3.17. The summed E-state index contributed by atoms with van der Waals surface area (Å²) in [6.07, 6.45) is 0. The first kappa shape index (κ1) is 23.7. The van der Waals surface area contributed by atoms with Crippen LogP contribution in [0.1, 0.15) is 32.6 Å².